The normalized spacial score (nSPS) is 11.2. The minimum absolute atomic E-state index is 0.0728. The van der Waals surface area contributed by atoms with Crippen molar-refractivity contribution in [2.75, 3.05) is 17.8 Å². The number of unbranched alkanes of at least 4 members (excludes halogenated alkanes) is 1. The van der Waals surface area contributed by atoms with E-state index in [4.69, 9.17) is 0 Å². The monoisotopic (exact) mass is 374 g/mol. The standard InChI is InChI=1S/C20H26N2O3S/c1-4-6-15-22(5-2)20(23)17-9-13-19(14-10-17)26(24,25)21-18-11-7-16(3)8-12-18/h7-14,21H,4-6,15H2,1-3H3. The number of carbonyl (C=O) groups is 1. The number of aryl methyl sites for hydroxylation is 1. The minimum Gasteiger partial charge on any atom is -0.339 e. The first-order valence-corrected chi connectivity index (χ1v) is 10.3. The van der Waals surface area contributed by atoms with Crippen LogP contribution in [0.15, 0.2) is 53.4 Å². The number of nitrogens with one attached hydrogen (secondary N) is 1. The van der Waals surface area contributed by atoms with E-state index in [1.54, 1.807) is 29.2 Å². The van der Waals surface area contributed by atoms with Crippen LogP contribution < -0.4 is 4.72 Å². The molecule has 5 nitrogen and oxygen atoms in total. The van der Waals surface area contributed by atoms with E-state index >= 15 is 0 Å². The van der Waals surface area contributed by atoms with E-state index < -0.39 is 10.0 Å². The number of carbonyl (C=O) groups excluding carboxylic acids is 1. The van der Waals surface area contributed by atoms with E-state index in [1.807, 2.05) is 26.0 Å². The average Bonchev–Trinajstić information content (AvgIpc) is 2.64. The molecule has 0 aromatic heterocycles. The fourth-order valence-electron chi connectivity index (χ4n) is 2.55. The maximum atomic E-state index is 12.5. The number of nitrogens with zero attached hydrogens (tertiary/aromatic N) is 1. The summed E-state index contributed by atoms with van der Waals surface area (Å²) in [6, 6.07) is 13.2. The molecule has 0 saturated carbocycles. The zero-order valence-corrected chi connectivity index (χ0v) is 16.3. The maximum Gasteiger partial charge on any atom is 0.261 e. The second-order valence-corrected chi connectivity index (χ2v) is 7.92. The van der Waals surface area contributed by atoms with E-state index in [9.17, 15) is 13.2 Å². The van der Waals surface area contributed by atoms with Crippen molar-refractivity contribution in [1.82, 2.24) is 4.90 Å². The molecule has 140 valence electrons. The molecule has 0 saturated heterocycles. The third-order valence-corrected chi connectivity index (χ3v) is 5.56. The van der Waals surface area contributed by atoms with Gasteiger partial charge < -0.3 is 4.90 Å². The van der Waals surface area contributed by atoms with Gasteiger partial charge in [0.2, 0.25) is 0 Å². The molecule has 0 spiro atoms. The second-order valence-electron chi connectivity index (χ2n) is 6.23. The van der Waals surface area contributed by atoms with Crippen LogP contribution in [0.1, 0.15) is 42.6 Å². The van der Waals surface area contributed by atoms with E-state index in [2.05, 4.69) is 11.6 Å². The molecule has 0 aliphatic heterocycles. The summed E-state index contributed by atoms with van der Waals surface area (Å²) in [5, 5.41) is 0. The molecule has 2 rings (SSSR count). The maximum absolute atomic E-state index is 12.5. The molecule has 0 radical (unpaired) electrons. The highest BCUT2D eigenvalue weighted by molar-refractivity contribution is 7.92. The molecule has 0 aliphatic rings. The Kier molecular flexibility index (Phi) is 6.80. The quantitative estimate of drug-likeness (QED) is 0.758. The van der Waals surface area contributed by atoms with Gasteiger partial charge in [-0.15, -0.1) is 0 Å². The Morgan fingerprint density at radius 1 is 1.00 bits per heavy atom. The summed E-state index contributed by atoms with van der Waals surface area (Å²) >= 11 is 0. The highest BCUT2D eigenvalue weighted by Gasteiger charge is 2.17. The summed E-state index contributed by atoms with van der Waals surface area (Å²) in [7, 11) is -3.68. The Hall–Kier alpha value is -2.34. The summed E-state index contributed by atoms with van der Waals surface area (Å²) in [5.41, 5.74) is 2.06. The molecule has 0 aliphatic carbocycles. The Bertz CT molecular complexity index is 828. The van der Waals surface area contributed by atoms with Gasteiger partial charge in [-0.05, 0) is 56.7 Å². The predicted molar refractivity (Wildman–Crippen MR) is 105 cm³/mol. The predicted octanol–water partition coefficient (Wildman–Crippen LogP) is 4.06. The Balaban J connectivity index is 2.14. The Morgan fingerprint density at radius 2 is 1.62 bits per heavy atom. The number of rotatable bonds is 8. The highest BCUT2D eigenvalue weighted by atomic mass is 32.2. The lowest BCUT2D eigenvalue weighted by atomic mass is 10.2. The van der Waals surface area contributed by atoms with Gasteiger partial charge in [0.1, 0.15) is 0 Å². The molecular weight excluding hydrogens is 348 g/mol. The van der Waals surface area contributed by atoms with Crippen molar-refractivity contribution < 1.29 is 13.2 Å². The van der Waals surface area contributed by atoms with Crippen molar-refractivity contribution in [3.05, 3.63) is 59.7 Å². The van der Waals surface area contributed by atoms with Crippen LogP contribution in [0.25, 0.3) is 0 Å². The number of sulfonamides is 1. The first kappa shape index (κ1) is 20.0. The van der Waals surface area contributed by atoms with Crippen molar-refractivity contribution in [2.45, 2.75) is 38.5 Å². The van der Waals surface area contributed by atoms with Crippen LogP contribution in [0, 0.1) is 6.92 Å². The molecule has 1 amide bonds. The third-order valence-electron chi connectivity index (χ3n) is 4.17. The number of hydrogen-bond acceptors (Lipinski definition) is 3. The molecule has 6 heteroatoms. The lowest BCUT2D eigenvalue weighted by Crippen LogP contribution is -2.31. The van der Waals surface area contributed by atoms with Crippen LogP contribution in [0.4, 0.5) is 5.69 Å². The molecule has 1 N–H and O–H groups in total. The van der Waals surface area contributed by atoms with Crippen LogP contribution in [0.2, 0.25) is 0 Å². The van der Waals surface area contributed by atoms with Gasteiger partial charge >= 0.3 is 0 Å². The highest BCUT2D eigenvalue weighted by Crippen LogP contribution is 2.18. The van der Waals surface area contributed by atoms with Crippen LogP contribution >= 0.6 is 0 Å². The first-order valence-electron chi connectivity index (χ1n) is 8.86. The number of hydrogen-bond donors (Lipinski definition) is 1. The summed E-state index contributed by atoms with van der Waals surface area (Å²) < 4.78 is 27.5. The van der Waals surface area contributed by atoms with Crippen LogP contribution in [-0.4, -0.2) is 32.3 Å². The van der Waals surface area contributed by atoms with Crippen molar-refractivity contribution in [1.29, 1.82) is 0 Å². The molecule has 2 aromatic carbocycles. The van der Waals surface area contributed by atoms with E-state index in [0.717, 1.165) is 18.4 Å². The summed E-state index contributed by atoms with van der Waals surface area (Å²) in [6.07, 6.45) is 1.97. The first-order chi connectivity index (χ1) is 12.4. The zero-order valence-electron chi connectivity index (χ0n) is 15.5. The van der Waals surface area contributed by atoms with Crippen molar-refractivity contribution in [2.24, 2.45) is 0 Å². The van der Waals surface area contributed by atoms with Crippen molar-refractivity contribution in [3.8, 4) is 0 Å². The molecule has 2 aromatic rings. The molecule has 0 unspecified atom stereocenters. The molecule has 0 atom stereocenters. The molecular formula is C20H26N2O3S. The molecule has 0 heterocycles. The van der Waals surface area contributed by atoms with Gasteiger partial charge in [0, 0.05) is 24.3 Å². The smallest absolute Gasteiger partial charge is 0.261 e. The van der Waals surface area contributed by atoms with E-state index in [0.29, 0.717) is 24.3 Å². The topological polar surface area (TPSA) is 66.5 Å². The van der Waals surface area contributed by atoms with Gasteiger partial charge in [-0.3, -0.25) is 9.52 Å². The van der Waals surface area contributed by atoms with Crippen LogP contribution in [0.5, 0.6) is 0 Å². The molecule has 26 heavy (non-hydrogen) atoms. The van der Waals surface area contributed by atoms with Crippen LogP contribution in [0.3, 0.4) is 0 Å². The van der Waals surface area contributed by atoms with Gasteiger partial charge in [0.25, 0.3) is 15.9 Å². The lowest BCUT2D eigenvalue weighted by molar-refractivity contribution is 0.0762. The SMILES string of the molecule is CCCCN(CC)C(=O)c1ccc(S(=O)(=O)Nc2ccc(C)cc2)cc1. The summed E-state index contributed by atoms with van der Waals surface area (Å²) in [5.74, 6) is -0.0728. The van der Waals surface area contributed by atoms with Crippen molar-refractivity contribution in [3.63, 3.8) is 0 Å². The lowest BCUT2D eigenvalue weighted by Gasteiger charge is -2.20. The third kappa shape index (κ3) is 5.08. The molecule has 0 bridgehead atoms. The average molecular weight is 375 g/mol. The van der Waals surface area contributed by atoms with Gasteiger partial charge in [-0.2, -0.15) is 0 Å². The zero-order chi connectivity index (χ0) is 19.2. The summed E-state index contributed by atoms with van der Waals surface area (Å²) in [6.45, 7) is 7.31. The van der Waals surface area contributed by atoms with Crippen molar-refractivity contribution >= 4 is 21.6 Å². The van der Waals surface area contributed by atoms with Gasteiger partial charge in [-0.25, -0.2) is 8.42 Å². The Labute approximate surface area is 156 Å². The Morgan fingerprint density at radius 3 is 2.15 bits per heavy atom. The molecule has 0 fully saturated rings. The second kappa shape index (κ2) is 8.85. The van der Waals surface area contributed by atoms with E-state index in [-0.39, 0.29) is 10.8 Å². The number of amides is 1. The van der Waals surface area contributed by atoms with Gasteiger partial charge in [0.15, 0.2) is 0 Å². The summed E-state index contributed by atoms with van der Waals surface area (Å²) in [4.78, 5) is 14.4. The largest absolute Gasteiger partial charge is 0.339 e. The van der Waals surface area contributed by atoms with E-state index in [1.165, 1.54) is 12.1 Å². The number of benzene rings is 2. The minimum atomic E-state index is -3.68. The fourth-order valence-corrected chi connectivity index (χ4v) is 3.61. The van der Waals surface area contributed by atoms with Crippen LogP contribution in [-0.2, 0) is 10.0 Å². The number of anilines is 1. The van der Waals surface area contributed by atoms with Gasteiger partial charge in [0.05, 0.1) is 4.90 Å². The van der Waals surface area contributed by atoms with Gasteiger partial charge in [-0.1, -0.05) is 31.0 Å². The fraction of sp³-hybridized carbons (Fsp3) is 0.350.